The minimum atomic E-state index is -3.67. The number of aromatic nitrogens is 2. The number of carbonyl (C=O) groups excluding carboxylic acids is 2. The average molecular weight is 393 g/mol. The summed E-state index contributed by atoms with van der Waals surface area (Å²) in [7, 11) is 0.404. The zero-order chi connectivity index (χ0) is 19.8. The molecule has 1 atom stereocenters. The number of ether oxygens (including phenoxy) is 1. The first-order chi connectivity index (χ1) is 12.7. The molecule has 144 valence electrons. The Kier molecular flexibility index (Phi) is 4.89. The SMILES string of the molecule is COC(=O)c1[nH]ncc1C1CC(=O)Nc2cc(NS(=O)(=O)N(C)C)ccc21. The second kappa shape index (κ2) is 7.00. The summed E-state index contributed by atoms with van der Waals surface area (Å²) < 4.78 is 32.2. The summed E-state index contributed by atoms with van der Waals surface area (Å²) >= 11 is 0. The van der Waals surface area contributed by atoms with Crippen LogP contribution in [-0.2, 0) is 19.7 Å². The van der Waals surface area contributed by atoms with Crippen molar-refractivity contribution >= 4 is 33.5 Å². The van der Waals surface area contributed by atoms with Crippen LogP contribution in [0, 0.1) is 0 Å². The molecule has 2 aromatic rings. The summed E-state index contributed by atoms with van der Waals surface area (Å²) in [5, 5.41) is 9.23. The number of H-pyrrole nitrogens is 1. The fourth-order valence-electron chi connectivity index (χ4n) is 2.87. The summed E-state index contributed by atoms with van der Waals surface area (Å²) in [6.45, 7) is 0. The zero-order valence-corrected chi connectivity index (χ0v) is 15.8. The zero-order valence-electron chi connectivity index (χ0n) is 14.9. The van der Waals surface area contributed by atoms with Gasteiger partial charge in [-0.25, -0.2) is 4.79 Å². The first kappa shape index (κ1) is 18.9. The quantitative estimate of drug-likeness (QED) is 0.646. The first-order valence-corrected chi connectivity index (χ1v) is 9.42. The van der Waals surface area contributed by atoms with Gasteiger partial charge >= 0.3 is 16.2 Å². The molecule has 11 heteroatoms. The standard InChI is InChI=1S/C16H19N5O5S/c1-21(2)27(24,25)20-9-4-5-10-11(7-14(22)18-13(10)6-9)12-8-17-19-15(12)16(23)26-3/h4-6,8,11,20H,7H2,1-3H3,(H,17,19)(H,18,22). The van der Waals surface area contributed by atoms with Crippen LogP contribution in [0.4, 0.5) is 11.4 Å². The Morgan fingerprint density at radius 2 is 2.07 bits per heavy atom. The lowest BCUT2D eigenvalue weighted by molar-refractivity contribution is -0.116. The minimum Gasteiger partial charge on any atom is -0.464 e. The Bertz CT molecular complexity index is 998. The van der Waals surface area contributed by atoms with Gasteiger partial charge in [0, 0.05) is 37.7 Å². The second-order valence-electron chi connectivity index (χ2n) is 6.19. The van der Waals surface area contributed by atoms with E-state index in [9.17, 15) is 18.0 Å². The van der Waals surface area contributed by atoms with Crippen molar-refractivity contribution in [2.45, 2.75) is 12.3 Å². The number of hydrogen-bond donors (Lipinski definition) is 3. The van der Waals surface area contributed by atoms with Gasteiger partial charge < -0.3 is 10.1 Å². The van der Waals surface area contributed by atoms with Crippen LogP contribution in [-0.4, -0.2) is 56.0 Å². The molecule has 0 spiro atoms. The molecule has 2 heterocycles. The van der Waals surface area contributed by atoms with Crippen LogP contribution >= 0.6 is 0 Å². The number of hydrogen-bond acceptors (Lipinski definition) is 6. The fraction of sp³-hybridized carbons (Fsp3) is 0.312. The van der Waals surface area contributed by atoms with Crippen molar-refractivity contribution in [2.75, 3.05) is 31.2 Å². The monoisotopic (exact) mass is 393 g/mol. The number of methoxy groups -OCH3 is 1. The van der Waals surface area contributed by atoms with Gasteiger partial charge in [-0.2, -0.15) is 17.8 Å². The molecule has 0 radical (unpaired) electrons. The van der Waals surface area contributed by atoms with Gasteiger partial charge in [-0.3, -0.25) is 14.6 Å². The molecule has 1 aromatic heterocycles. The molecular weight excluding hydrogens is 374 g/mol. The van der Waals surface area contributed by atoms with E-state index >= 15 is 0 Å². The van der Waals surface area contributed by atoms with Crippen molar-refractivity contribution in [2.24, 2.45) is 0 Å². The highest BCUT2D eigenvalue weighted by molar-refractivity contribution is 7.90. The lowest BCUT2D eigenvalue weighted by Crippen LogP contribution is -2.29. The molecule has 0 saturated heterocycles. The van der Waals surface area contributed by atoms with Crippen molar-refractivity contribution in [3.8, 4) is 0 Å². The maximum absolute atomic E-state index is 12.2. The fourth-order valence-corrected chi connectivity index (χ4v) is 3.48. The predicted octanol–water partition coefficient (Wildman–Crippen LogP) is 0.889. The number of aromatic amines is 1. The Labute approximate surface area is 156 Å². The molecule has 1 aliphatic rings. The molecule has 1 amide bonds. The highest BCUT2D eigenvalue weighted by atomic mass is 32.2. The number of nitrogens with one attached hydrogen (secondary N) is 3. The highest BCUT2D eigenvalue weighted by Crippen LogP contribution is 2.39. The van der Waals surface area contributed by atoms with Gasteiger partial charge in [-0.05, 0) is 17.7 Å². The van der Waals surface area contributed by atoms with Crippen LogP contribution in [0.15, 0.2) is 24.4 Å². The van der Waals surface area contributed by atoms with Gasteiger partial charge in [0.25, 0.3) is 0 Å². The van der Waals surface area contributed by atoms with Crippen molar-refractivity contribution < 1.29 is 22.7 Å². The third-order valence-electron chi connectivity index (χ3n) is 4.25. The molecule has 1 aromatic carbocycles. The van der Waals surface area contributed by atoms with E-state index in [2.05, 4.69) is 20.2 Å². The molecule has 27 heavy (non-hydrogen) atoms. The maximum Gasteiger partial charge on any atom is 0.356 e. The Hall–Kier alpha value is -2.92. The lowest BCUT2D eigenvalue weighted by Gasteiger charge is -2.26. The smallest absolute Gasteiger partial charge is 0.356 e. The van der Waals surface area contributed by atoms with Crippen LogP contribution in [0.1, 0.15) is 34.0 Å². The van der Waals surface area contributed by atoms with Crippen LogP contribution in [0.5, 0.6) is 0 Å². The second-order valence-corrected chi connectivity index (χ2v) is 8.07. The molecule has 0 fully saturated rings. The van der Waals surface area contributed by atoms with E-state index in [1.54, 1.807) is 18.2 Å². The van der Waals surface area contributed by atoms with Crippen molar-refractivity contribution in [3.63, 3.8) is 0 Å². The molecule has 1 unspecified atom stereocenters. The number of carbonyl (C=O) groups is 2. The van der Waals surface area contributed by atoms with Crippen LogP contribution in [0.25, 0.3) is 0 Å². The molecule has 0 aliphatic carbocycles. The Morgan fingerprint density at radius 3 is 2.74 bits per heavy atom. The molecule has 10 nitrogen and oxygen atoms in total. The van der Waals surface area contributed by atoms with Gasteiger partial charge in [0.15, 0.2) is 0 Å². The number of anilines is 2. The number of nitrogens with zero attached hydrogens (tertiary/aromatic N) is 2. The summed E-state index contributed by atoms with van der Waals surface area (Å²) in [5.74, 6) is -1.25. The maximum atomic E-state index is 12.2. The van der Waals surface area contributed by atoms with E-state index in [0.29, 0.717) is 16.9 Å². The number of fused-ring (bicyclic) bond motifs is 1. The van der Waals surface area contributed by atoms with Crippen LogP contribution in [0.2, 0.25) is 0 Å². The molecule has 3 rings (SSSR count). The Morgan fingerprint density at radius 1 is 1.33 bits per heavy atom. The number of amides is 1. The van der Waals surface area contributed by atoms with Gasteiger partial charge in [0.1, 0.15) is 5.69 Å². The number of rotatable bonds is 5. The summed E-state index contributed by atoms with van der Waals surface area (Å²) in [4.78, 5) is 24.1. The van der Waals surface area contributed by atoms with Crippen molar-refractivity contribution in [1.29, 1.82) is 0 Å². The number of benzene rings is 1. The summed E-state index contributed by atoms with van der Waals surface area (Å²) in [5.41, 5.74) is 2.24. The van der Waals surface area contributed by atoms with Gasteiger partial charge in [0.05, 0.1) is 19.0 Å². The predicted molar refractivity (Wildman–Crippen MR) is 97.7 cm³/mol. The molecule has 0 saturated carbocycles. The number of esters is 1. The van der Waals surface area contributed by atoms with Gasteiger partial charge in [-0.15, -0.1) is 0 Å². The van der Waals surface area contributed by atoms with E-state index in [1.165, 1.54) is 27.4 Å². The summed E-state index contributed by atoms with van der Waals surface area (Å²) in [6, 6.07) is 4.85. The van der Waals surface area contributed by atoms with E-state index in [1.807, 2.05) is 0 Å². The minimum absolute atomic E-state index is 0.124. The molecule has 1 aliphatic heterocycles. The average Bonchev–Trinajstić information content (AvgIpc) is 3.09. The third kappa shape index (κ3) is 3.64. The molecular formula is C16H19N5O5S. The molecule has 0 bridgehead atoms. The van der Waals surface area contributed by atoms with Crippen LogP contribution in [0.3, 0.4) is 0 Å². The topological polar surface area (TPSA) is 133 Å². The van der Waals surface area contributed by atoms with Crippen molar-refractivity contribution in [3.05, 3.63) is 41.2 Å². The molecule has 3 N–H and O–H groups in total. The third-order valence-corrected chi connectivity index (χ3v) is 5.71. The van der Waals surface area contributed by atoms with Crippen molar-refractivity contribution in [1.82, 2.24) is 14.5 Å². The van der Waals surface area contributed by atoms with Gasteiger partial charge in [-0.1, -0.05) is 6.07 Å². The van der Waals surface area contributed by atoms with Gasteiger partial charge in [0.2, 0.25) is 5.91 Å². The van der Waals surface area contributed by atoms with E-state index in [-0.39, 0.29) is 18.0 Å². The van der Waals surface area contributed by atoms with E-state index in [0.717, 1.165) is 9.87 Å². The highest BCUT2D eigenvalue weighted by Gasteiger charge is 2.31. The van der Waals surface area contributed by atoms with E-state index < -0.39 is 22.1 Å². The van der Waals surface area contributed by atoms with E-state index in [4.69, 9.17) is 4.74 Å². The van der Waals surface area contributed by atoms with Crippen LogP contribution < -0.4 is 10.0 Å². The lowest BCUT2D eigenvalue weighted by atomic mass is 9.85. The first-order valence-electron chi connectivity index (χ1n) is 7.98. The largest absolute Gasteiger partial charge is 0.464 e. The normalized spacial score (nSPS) is 16.6. The Balaban J connectivity index is 2.00. The summed E-state index contributed by atoms with van der Waals surface area (Å²) in [6.07, 6.45) is 1.61.